The van der Waals surface area contributed by atoms with Crippen molar-refractivity contribution >= 4 is 16.9 Å². The third-order valence-electron chi connectivity index (χ3n) is 4.23. The largest absolute Gasteiger partial charge is 2.00 e. The second kappa shape index (κ2) is 7.82. The van der Waals surface area contributed by atoms with Crippen LogP contribution in [0.25, 0.3) is 17.0 Å². The number of imidazole rings is 1. The topological polar surface area (TPSA) is 86.4 Å². The molecule has 0 radical (unpaired) electrons. The standard InChI is InChI=1S/C18H21N7.U/c1-6-24(12(2)3)15-9-14(18(4,5)11-19)13-10-22-25(16(13)23-15)17-20-7-8-21-17;/h7-10,12H,1-2,6H2,3-5H3,(H,20,21);/q-2;+2/t12-;/m0./s1. The number of aromatic amines is 1. The van der Waals surface area contributed by atoms with E-state index in [0.717, 1.165) is 16.8 Å². The Labute approximate surface area is 177 Å². The first-order valence-corrected chi connectivity index (χ1v) is 8.08. The molecule has 1 N–H and O–H groups in total. The maximum atomic E-state index is 9.64. The fourth-order valence-electron chi connectivity index (χ4n) is 2.80. The van der Waals surface area contributed by atoms with Crippen molar-refractivity contribution in [1.29, 1.82) is 5.26 Å². The molecular weight excluding hydrogens is 552 g/mol. The summed E-state index contributed by atoms with van der Waals surface area (Å²) >= 11 is 0. The number of nitrogens with one attached hydrogen (secondary N) is 1. The molecule has 3 aromatic rings. The minimum atomic E-state index is -0.690. The molecule has 0 bridgehead atoms. The first-order valence-electron chi connectivity index (χ1n) is 8.08. The van der Waals surface area contributed by atoms with Gasteiger partial charge in [0.2, 0.25) is 5.95 Å². The Bertz CT molecular complexity index is 919. The van der Waals surface area contributed by atoms with Crippen molar-refractivity contribution < 1.29 is 31.1 Å². The molecule has 0 saturated heterocycles. The average Bonchev–Trinajstić information content (AvgIpc) is 3.23. The van der Waals surface area contributed by atoms with Crippen LogP contribution >= 0.6 is 0 Å². The van der Waals surface area contributed by atoms with Crippen LogP contribution in [0.5, 0.6) is 0 Å². The molecule has 0 amide bonds. The number of nitriles is 1. The molecule has 3 heterocycles. The fraction of sp³-hybridized carbons (Fsp3) is 0.333. The van der Waals surface area contributed by atoms with Crippen LogP contribution in [0, 0.1) is 56.3 Å². The summed E-state index contributed by atoms with van der Waals surface area (Å²) in [5, 5.41) is 14.9. The second-order valence-corrected chi connectivity index (χ2v) is 6.51. The quantitative estimate of drug-likeness (QED) is 0.475. The number of hydrogen-bond donors (Lipinski definition) is 1. The number of anilines is 1. The van der Waals surface area contributed by atoms with Crippen molar-refractivity contribution in [2.45, 2.75) is 32.2 Å². The number of aromatic nitrogens is 5. The molecule has 8 heteroatoms. The van der Waals surface area contributed by atoms with Gasteiger partial charge in [-0.05, 0) is 25.5 Å². The van der Waals surface area contributed by atoms with E-state index in [1.165, 1.54) is 0 Å². The van der Waals surface area contributed by atoms with Gasteiger partial charge in [0.25, 0.3) is 0 Å². The Hall–Kier alpha value is -1.83. The van der Waals surface area contributed by atoms with Crippen LogP contribution in [0.1, 0.15) is 26.3 Å². The minimum Gasteiger partial charge on any atom is -0.414 e. The van der Waals surface area contributed by atoms with Gasteiger partial charge in [-0.2, -0.15) is 15.0 Å². The fourth-order valence-corrected chi connectivity index (χ4v) is 2.80. The summed E-state index contributed by atoms with van der Waals surface area (Å²) in [6.07, 6.45) is 5.12. The monoisotopic (exact) mass is 573 g/mol. The Kier molecular flexibility index (Phi) is 6.16. The van der Waals surface area contributed by atoms with E-state index in [1.807, 2.05) is 31.7 Å². The van der Waals surface area contributed by atoms with Crippen LogP contribution in [-0.4, -0.2) is 37.3 Å². The summed E-state index contributed by atoms with van der Waals surface area (Å²) in [6.45, 7) is 14.3. The Morgan fingerprint density at radius 2 is 2.19 bits per heavy atom. The molecule has 0 aliphatic heterocycles. The van der Waals surface area contributed by atoms with E-state index in [0.29, 0.717) is 18.1 Å². The second-order valence-electron chi connectivity index (χ2n) is 6.51. The molecule has 7 nitrogen and oxygen atoms in total. The van der Waals surface area contributed by atoms with Crippen molar-refractivity contribution in [3.8, 4) is 12.0 Å². The van der Waals surface area contributed by atoms with Crippen molar-refractivity contribution in [1.82, 2.24) is 24.7 Å². The Balaban J connectivity index is 0.00000243. The van der Waals surface area contributed by atoms with E-state index in [2.05, 4.69) is 35.0 Å². The minimum absolute atomic E-state index is 0. The molecule has 132 valence electrons. The Morgan fingerprint density at radius 1 is 1.46 bits per heavy atom. The number of H-pyrrole nitrogens is 1. The molecule has 0 spiro atoms. The predicted octanol–water partition coefficient (Wildman–Crippen LogP) is 2.81. The molecule has 0 aromatic carbocycles. The van der Waals surface area contributed by atoms with Gasteiger partial charge in [0.15, 0.2) is 5.65 Å². The summed E-state index contributed by atoms with van der Waals surface area (Å²) in [5.41, 5.74) is 0.821. The van der Waals surface area contributed by atoms with Gasteiger partial charge in [0, 0.05) is 17.8 Å². The van der Waals surface area contributed by atoms with Crippen LogP contribution in [0.15, 0.2) is 24.7 Å². The number of nitrogens with zero attached hydrogens (tertiary/aromatic N) is 6. The van der Waals surface area contributed by atoms with E-state index in [-0.39, 0.29) is 37.2 Å². The summed E-state index contributed by atoms with van der Waals surface area (Å²) in [7, 11) is 0. The van der Waals surface area contributed by atoms with Gasteiger partial charge < -0.3 is 23.7 Å². The van der Waals surface area contributed by atoms with Crippen LogP contribution < -0.4 is 4.90 Å². The maximum absolute atomic E-state index is 9.64. The molecule has 0 aliphatic rings. The first-order chi connectivity index (χ1) is 11.9. The molecule has 0 unspecified atom stereocenters. The molecular formula is C18H21N7U. The SMILES string of the molecule is [CH2-]CN(c1cc(C(C)(C)C#N)c2cnn(-c3ncc[nH]3)c2n1)[C@@H]([CH2-])C.[U+2]. The number of fused-ring (bicyclic) bond motifs is 1. The third-order valence-corrected chi connectivity index (χ3v) is 4.23. The van der Waals surface area contributed by atoms with Gasteiger partial charge >= 0.3 is 31.1 Å². The zero-order chi connectivity index (χ0) is 18.2. The van der Waals surface area contributed by atoms with Crippen molar-refractivity contribution in [3.05, 3.63) is 44.1 Å². The van der Waals surface area contributed by atoms with Gasteiger partial charge in [-0.1, -0.05) is 6.92 Å². The normalized spacial score (nSPS) is 12.5. The number of pyridine rings is 1. The van der Waals surface area contributed by atoms with Gasteiger partial charge in [-0.25, -0.2) is 9.97 Å². The number of rotatable bonds is 5. The van der Waals surface area contributed by atoms with Gasteiger partial charge in [-0.15, -0.1) is 12.6 Å². The van der Waals surface area contributed by atoms with Gasteiger partial charge in [0.05, 0.1) is 17.7 Å². The number of hydrogen-bond acceptors (Lipinski definition) is 5. The molecule has 3 aromatic heterocycles. The summed E-state index contributed by atoms with van der Waals surface area (Å²) < 4.78 is 1.64. The van der Waals surface area contributed by atoms with E-state index in [1.54, 1.807) is 23.3 Å². The van der Waals surface area contributed by atoms with Crippen LogP contribution in [0.2, 0.25) is 0 Å². The van der Waals surface area contributed by atoms with E-state index < -0.39 is 5.41 Å². The van der Waals surface area contributed by atoms with Gasteiger partial charge in [0.1, 0.15) is 5.82 Å². The van der Waals surface area contributed by atoms with Crippen molar-refractivity contribution in [2.24, 2.45) is 0 Å². The average molecular weight is 573 g/mol. The van der Waals surface area contributed by atoms with Crippen LogP contribution in [0.4, 0.5) is 5.82 Å². The van der Waals surface area contributed by atoms with Crippen molar-refractivity contribution in [2.75, 3.05) is 11.4 Å². The Morgan fingerprint density at radius 3 is 2.73 bits per heavy atom. The predicted molar refractivity (Wildman–Crippen MR) is 97.2 cm³/mol. The molecule has 1 atom stereocenters. The van der Waals surface area contributed by atoms with E-state index in [9.17, 15) is 5.26 Å². The molecule has 0 saturated carbocycles. The summed E-state index contributed by atoms with van der Waals surface area (Å²) in [6, 6.07) is 4.29. The van der Waals surface area contributed by atoms with Crippen molar-refractivity contribution in [3.63, 3.8) is 0 Å². The molecule has 26 heavy (non-hydrogen) atoms. The molecule has 0 aliphatic carbocycles. The van der Waals surface area contributed by atoms with E-state index >= 15 is 0 Å². The smallest absolute Gasteiger partial charge is 0.414 e. The van der Waals surface area contributed by atoms with Crippen LogP contribution in [-0.2, 0) is 5.41 Å². The van der Waals surface area contributed by atoms with Crippen LogP contribution in [0.3, 0.4) is 0 Å². The third kappa shape index (κ3) is 3.52. The summed E-state index contributed by atoms with van der Waals surface area (Å²) in [5.74, 6) is 1.29. The summed E-state index contributed by atoms with van der Waals surface area (Å²) in [4.78, 5) is 14.0. The van der Waals surface area contributed by atoms with Gasteiger partial charge in [-0.3, -0.25) is 0 Å². The van der Waals surface area contributed by atoms with E-state index in [4.69, 9.17) is 4.98 Å². The maximum Gasteiger partial charge on any atom is 2.00 e. The molecule has 3 rings (SSSR count). The first kappa shape index (κ1) is 20.5. The molecule has 0 fully saturated rings. The zero-order valence-corrected chi connectivity index (χ0v) is 19.4. The zero-order valence-electron chi connectivity index (χ0n) is 15.2.